The van der Waals surface area contributed by atoms with E-state index < -0.39 is 4.92 Å². The topological polar surface area (TPSA) is 72.2 Å². The number of carbonyl (C=O) groups is 1. The third-order valence-electron chi connectivity index (χ3n) is 3.06. The third kappa shape index (κ3) is 3.93. The Bertz CT molecular complexity index is 740. The number of nitrogens with zero attached hydrogens (tertiary/aromatic N) is 1. The molecule has 112 valence electrons. The van der Waals surface area contributed by atoms with Crippen LogP contribution in [0.25, 0.3) is 6.08 Å². The maximum atomic E-state index is 11.9. The first-order valence-electron chi connectivity index (χ1n) is 6.46. The maximum Gasteiger partial charge on any atom is 0.274 e. The number of carbonyl (C=O) groups excluding carboxylic acids is 1. The summed E-state index contributed by atoms with van der Waals surface area (Å²) in [7, 11) is 0. The quantitative estimate of drug-likeness (QED) is 0.521. The van der Waals surface area contributed by atoms with Gasteiger partial charge in [-0.05, 0) is 36.8 Å². The van der Waals surface area contributed by atoms with E-state index in [0.29, 0.717) is 16.3 Å². The average Bonchev–Trinajstić information content (AvgIpc) is 2.48. The fourth-order valence-corrected chi connectivity index (χ4v) is 2.00. The van der Waals surface area contributed by atoms with E-state index in [2.05, 4.69) is 5.32 Å². The monoisotopic (exact) mass is 316 g/mol. The van der Waals surface area contributed by atoms with Crippen LogP contribution >= 0.6 is 11.6 Å². The molecule has 0 bridgehead atoms. The number of amides is 1. The molecule has 0 heterocycles. The van der Waals surface area contributed by atoms with Gasteiger partial charge in [0.1, 0.15) is 0 Å². The number of hydrogen-bond donors (Lipinski definition) is 1. The largest absolute Gasteiger partial charge is 0.322 e. The van der Waals surface area contributed by atoms with Crippen molar-refractivity contribution in [1.29, 1.82) is 0 Å². The summed E-state index contributed by atoms with van der Waals surface area (Å²) >= 11 is 5.78. The molecule has 0 spiro atoms. The molecule has 2 aromatic carbocycles. The van der Waals surface area contributed by atoms with Gasteiger partial charge in [-0.2, -0.15) is 0 Å². The first kappa shape index (κ1) is 15.7. The van der Waals surface area contributed by atoms with Crippen molar-refractivity contribution in [3.63, 3.8) is 0 Å². The van der Waals surface area contributed by atoms with Crippen LogP contribution in [0.3, 0.4) is 0 Å². The first-order chi connectivity index (χ1) is 10.5. The smallest absolute Gasteiger partial charge is 0.274 e. The van der Waals surface area contributed by atoms with Crippen LogP contribution in [0.1, 0.15) is 11.1 Å². The van der Waals surface area contributed by atoms with Gasteiger partial charge in [-0.15, -0.1) is 0 Å². The van der Waals surface area contributed by atoms with Crippen molar-refractivity contribution in [2.45, 2.75) is 6.92 Å². The highest BCUT2D eigenvalue weighted by molar-refractivity contribution is 6.30. The SMILES string of the molecule is Cc1c(NC(=O)/C=C/c2ccc(Cl)cc2)cccc1[N+](=O)[O-]. The fourth-order valence-electron chi connectivity index (χ4n) is 1.88. The van der Waals surface area contributed by atoms with Crippen LogP contribution in [0.4, 0.5) is 11.4 Å². The Hall–Kier alpha value is -2.66. The van der Waals surface area contributed by atoms with Crippen LogP contribution in [0.5, 0.6) is 0 Å². The molecule has 2 aromatic rings. The minimum absolute atomic E-state index is 0.0283. The molecule has 0 aliphatic carbocycles. The summed E-state index contributed by atoms with van der Waals surface area (Å²) < 4.78 is 0. The second kappa shape index (κ2) is 6.87. The van der Waals surface area contributed by atoms with Crippen molar-refractivity contribution in [2.24, 2.45) is 0 Å². The summed E-state index contributed by atoms with van der Waals surface area (Å²) in [6.45, 7) is 1.59. The van der Waals surface area contributed by atoms with E-state index in [9.17, 15) is 14.9 Å². The minimum atomic E-state index is -0.478. The molecule has 0 aromatic heterocycles. The molecule has 22 heavy (non-hydrogen) atoms. The lowest BCUT2D eigenvalue weighted by Gasteiger charge is -2.06. The van der Waals surface area contributed by atoms with Gasteiger partial charge in [0, 0.05) is 17.2 Å². The molecular formula is C16H13ClN2O3. The lowest BCUT2D eigenvalue weighted by molar-refractivity contribution is -0.385. The number of nitrogens with one attached hydrogen (secondary N) is 1. The van der Waals surface area contributed by atoms with E-state index in [1.54, 1.807) is 43.3 Å². The van der Waals surface area contributed by atoms with E-state index in [0.717, 1.165) is 5.56 Å². The Balaban J connectivity index is 2.11. The first-order valence-corrected chi connectivity index (χ1v) is 6.84. The number of benzene rings is 2. The summed E-state index contributed by atoms with van der Waals surface area (Å²) in [5.41, 5.74) is 1.63. The Morgan fingerprint density at radius 2 is 1.91 bits per heavy atom. The van der Waals surface area contributed by atoms with E-state index in [1.807, 2.05) is 0 Å². The Kier molecular flexibility index (Phi) is 4.91. The summed E-state index contributed by atoms with van der Waals surface area (Å²) in [6.07, 6.45) is 3.00. The zero-order valence-corrected chi connectivity index (χ0v) is 12.5. The van der Waals surface area contributed by atoms with Crippen molar-refractivity contribution in [2.75, 3.05) is 5.32 Å². The van der Waals surface area contributed by atoms with Crippen molar-refractivity contribution in [1.82, 2.24) is 0 Å². The maximum absolute atomic E-state index is 11.9. The van der Waals surface area contributed by atoms with Crippen LogP contribution in [-0.4, -0.2) is 10.8 Å². The molecule has 0 aliphatic rings. The lowest BCUT2D eigenvalue weighted by Crippen LogP contribution is -2.09. The summed E-state index contributed by atoms with van der Waals surface area (Å²) in [5, 5.41) is 14.1. The molecule has 5 nitrogen and oxygen atoms in total. The molecule has 1 N–H and O–H groups in total. The number of hydrogen-bond acceptors (Lipinski definition) is 3. The van der Waals surface area contributed by atoms with Crippen LogP contribution in [-0.2, 0) is 4.79 Å². The fraction of sp³-hybridized carbons (Fsp3) is 0.0625. The summed E-state index contributed by atoms with van der Waals surface area (Å²) in [6, 6.07) is 11.6. The Labute approximate surface area is 132 Å². The molecule has 0 saturated carbocycles. The number of nitro groups is 1. The molecule has 0 atom stereocenters. The van der Waals surface area contributed by atoms with E-state index in [-0.39, 0.29) is 11.6 Å². The van der Waals surface area contributed by atoms with Gasteiger partial charge in [0.2, 0.25) is 5.91 Å². The predicted molar refractivity (Wildman–Crippen MR) is 86.9 cm³/mol. The van der Waals surface area contributed by atoms with Gasteiger partial charge < -0.3 is 5.32 Å². The highest BCUT2D eigenvalue weighted by Crippen LogP contribution is 2.25. The van der Waals surface area contributed by atoms with Crippen LogP contribution in [0.2, 0.25) is 5.02 Å². The van der Waals surface area contributed by atoms with Gasteiger partial charge in [-0.3, -0.25) is 14.9 Å². The van der Waals surface area contributed by atoms with Crippen LogP contribution in [0, 0.1) is 17.0 Å². The van der Waals surface area contributed by atoms with E-state index in [4.69, 9.17) is 11.6 Å². The molecule has 0 fully saturated rings. The van der Waals surface area contributed by atoms with E-state index >= 15 is 0 Å². The van der Waals surface area contributed by atoms with Gasteiger partial charge in [-0.1, -0.05) is 29.8 Å². The van der Waals surface area contributed by atoms with Crippen molar-refractivity contribution in [3.05, 3.63) is 74.8 Å². The lowest BCUT2D eigenvalue weighted by atomic mass is 10.1. The minimum Gasteiger partial charge on any atom is -0.322 e. The number of nitro benzene ring substituents is 1. The van der Waals surface area contributed by atoms with Crippen molar-refractivity contribution in [3.8, 4) is 0 Å². The molecule has 6 heteroatoms. The molecular weight excluding hydrogens is 304 g/mol. The van der Waals surface area contributed by atoms with Crippen molar-refractivity contribution >= 4 is 35.0 Å². The standard InChI is InChI=1S/C16H13ClN2O3/c1-11-14(3-2-4-15(11)19(21)22)18-16(20)10-7-12-5-8-13(17)9-6-12/h2-10H,1H3,(H,18,20)/b10-7+. The zero-order valence-electron chi connectivity index (χ0n) is 11.7. The highest BCUT2D eigenvalue weighted by atomic mass is 35.5. The summed E-state index contributed by atoms with van der Waals surface area (Å²) in [4.78, 5) is 22.3. The number of halogens is 1. The van der Waals surface area contributed by atoms with Gasteiger partial charge >= 0.3 is 0 Å². The average molecular weight is 317 g/mol. The van der Waals surface area contributed by atoms with Crippen LogP contribution < -0.4 is 5.32 Å². The normalized spacial score (nSPS) is 10.6. The number of anilines is 1. The molecule has 2 rings (SSSR count). The molecule has 1 amide bonds. The van der Waals surface area contributed by atoms with Gasteiger partial charge in [0.15, 0.2) is 0 Å². The van der Waals surface area contributed by atoms with Gasteiger partial charge in [-0.25, -0.2) is 0 Å². The zero-order chi connectivity index (χ0) is 16.1. The van der Waals surface area contributed by atoms with Gasteiger partial charge in [0.25, 0.3) is 5.69 Å². The van der Waals surface area contributed by atoms with Crippen molar-refractivity contribution < 1.29 is 9.72 Å². The van der Waals surface area contributed by atoms with E-state index in [1.165, 1.54) is 18.2 Å². The Morgan fingerprint density at radius 3 is 2.55 bits per heavy atom. The third-order valence-corrected chi connectivity index (χ3v) is 3.31. The predicted octanol–water partition coefficient (Wildman–Crippen LogP) is 4.21. The summed E-state index contributed by atoms with van der Waals surface area (Å²) in [5.74, 6) is -0.362. The molecule has 0 unspecified atom stereocenters. The second-order valence-electron chi connectivity index (χ2n) is 4.58. The van der Waals surface area contributed by atoms with Crippen LogP contribution in [0.15, 0.2) is 48.5 Å². The number of rotatable bonds is 4. The van der Waals surface area contributed by atoms with Gasteiger partial charge in [0.05, 0.1) is 16.2 Å². The molecule has 0 aliphatic heterocycles. The second-order valence-corrected chi connectivity index (χ2v) is 5.02. The Morgan fingerprint density at radius 1 is 1.23 bits per heavy atom. The highest BCUT2D eigenvalue weighted by Gasteiger charge is 2.13. The molecule has 0 radical (unpaired) electrons. The molecule has 0 saturated heterocycles.